The summed E-state index contributed by atoms with van der Waals surface area (Å²) < 4.78 is 27.7. The lowest BCUT2D eigenvalue weighted by Crippen LogP contribution is -2.56. The number of sulfonamides is 1. The number of rotatable bonds is 7. The Hall–Kier alpha value is -2.22. The summed E-state index contributed by atoms with van der Waals surface area (Å²) >= 11 is 6.06. The highest BCUT2D eigenvalue weighted by Crippen LogP contribution is 2.32. The maximum absolute atomic E-state index is 13.2. The second-order valence-electron chi connectivity index (χ2n) is 7.88. The van der Waals surface area contributed by atoms with Crippen LogP contribution < -0.4 is 5.32 Å². The van der Waals surface area contributed by atoms with E-state index in [9.17, 15) is 18.0 Å². The quantitative estimate of drug-likeness (QED) is 0.660. The summed E-state index contributed by atoms with van der Waals surface area (Å²) in [6.07, 6.45) is 1.21. The molecule has 160 valence electrons. The smallest absolute Gasteiger partial charge is 0.244 e. The standard InChI is InChI=1S/C22H25ClN2O4S/c1-15(2)13-25-20(12-17-11-18(23)8-9-21(17)30(25,28)29)22(27)24-19(14-26)10-16-6-4-3-5-7-16/h3-9,11,14-15,19-20H,10,12-13H2,1-2H3,(H,24,27)/t19-,20+/m0/s1. The van der Waals surface area contributed by atoms with Gasteiger partial charge in [0.05, 0.1) is 10.9 Å². The summed E-state index contributed by atoms with van der Waals surface area (Å²) in [6.45, 7) is 3.99. The first kappa shape index (κ1) is 22.5. The van der Waals surface area contributed by atoms with Crippen molar-refractivity contribution in [1.29, 1.82) is 0 Å². The van der Waals surface area contributed by atoms with Crippen molar-refractivity contribution in [2.24, 2.45) is 5.92 Å². The molecule has 1 N–H and O–H groups in total. The van der Waals surface area contributed by atoms with Gasteiger partial charge in [0.2, 0.25) is 15.9 Å². The summed E-state index contributed by atoms with van der Waals surface area (Å²) in [6, 6.07) is 12.3. The number of carbonyl (C=O) groups is 2. The van der Waals surface area contributed by atoms with Crippen molar-refractivity contribution >= 4 is 33.8 Å². The molecule has 1 amide bonds. The van der Waals surface area contributed by atoms with Gasteiger partial charge in [0.1, 0.15) is 12.3 Å². The number of fused-ring (bicyclic) bond motifs is 1. The van der Waals surface area contributed by atoms with Crippen LogP contribution in [-0.2, 0) is 32.5 Å². The first-order valence-electron chi connectivity index (χ1n) is 9.82. The maximum atomic E-state index is 13.2. The van der Waals surface area contributed by atoms with E-state index < -0.39 is 28.0 Å². The molecule has 1 aliphatic rings. The molecule has 2 aromatic carbocycles. The SMILES string of the molecule is CC(C)CN1[C@@H](C(=O)N[C@H](C=O)Cc2ccccc2)Cc2cc(Cl)ccc2S1(=O)=O. The Morgan fingerprint density at radius 3 is 2.57 bits per heavy atom. The third-order valence-corrected chi connectivity index (χ3v) is 7.22. The predicted molar refractivity (Wildman–Crippen MR) is 116 cm³/mol. The molecule has 1 heterocycles. The second-order valence-corrected chi connectivity index (χ2v) is 10.2. The van der Waals surface area contributed by atoms with Gasteiger partial charge in [-0.15, -0.1) is 0 Å². The molecule has 1 aliphatic heterocycles. The number of benzene rings is 2. The number of aldehydes is 1. The van der Waals surface area contributed by atoms with Gasteiger partial charge in [0, 0.05) is 11.6 Å². The van der Waals surface area contributed by atoms with E-state index in [-0.39, 0.29) is 23.8 Å². The normalized spacial score (nSPS) is 19.1. The largest absolute Gasteiger partial charge is 0.345 e. The fourth-order valence-electron chi connectivity index (χ4n) is 3.65. The molecule has 6 nitrogen and oxygen atoms in total. The fourth-order valence-corrected chi connectivity index (χ4v) is 5.81. The van der Waals surface area contributed by atoms with Crippen molar-refractivity contribution < 1.29 is 18.0 Å². The molecule has 0 spiro atoms. The fraction of sp³-hybridized carbons (Fsp3) is 0.364. The molecule has 30 heavy (non-hydrogen) atoms. The topological polar surface area (TPSA) is 83.6 Å². The van der Waals surface area contributed by atoms with Crippen LogP contribution >= 0.6 is 11.6 Å². The van der Waals surface area contributed by atoms with Gasteiger partial charge in [-0.2, -0.15) is 4.31 Å². The molecule has 2 aromatic rings. The van der Waals surface area contributed by atoms with Crippen LogP contribution in [0, 0.1) is 5.92 Å². The zero-order chi connectivity index (χ0) is 21.9. The molecule has 0 aliphatic carbocycles. The average Bonchev–Trinajstić information content (AvgIpc) is 2.69. The van der Waals surface area contributed by atoms with Gasteiger partial charge in [-0.25, -0.2) is 8.42 Å². The number of nitrogens with one attached hydrogen (secondary N) is 1. The van der Waals surface area contributed by atoms with Gasteiger partial charge in [-0.05, 0) is 48.1 Å². The van der Waals surface area contributed by atoms with Crippen molar-refractivity contribution in [1.82, 2.24) is 9.62 Å². The van der Waals surface area contributed by atoms with Crippen LogP contribution in [-0.4, -0.2) is 43.5 Å². The lowest BCUT2D eigenvalue weighted by Gasteiger charge is -2.36. The molecule has 0 fully saturated rings. The average molecular weight is 449 g/mol. The highest BCUT2D eigenvalue weighted by Gasteiger charge is 2.42. The number of hydrogen-bond donors (Lipinski definition) is 1. The molecule has 0 saturated carbocycles. The summed E-state index contributed by atoms with van der Waals surface area (Å²) in [4.78, 5) is 24.9. The van der Waals surface area contributed by atoms with Crippen molar-refractivity contribution in [3.63, 3.8) is 0 Å². The Kier molecular flexibility index (Phi) is 6.95. The van der Waals surface area contributed by atoms with Crippen LogP contribution in [0.2, 0.25) is 5.02 Å². The van der Waals surface area contributed by atoms with Crippen molar-refractivity contribution in [2.45, 2.75) is 43.7 Å². The van der Waals surface area contributed by atoms with Crippen molar-refractivity contribution in [2.75, 3.05) is 6.54 Å². The van der Waals surface area contributed by atoms with Crippen LogP contribution in [0.15, 0.2) is 53.4 Å². The number of carbonyl (C=O) groups excluding carboxylic acids is 2. The van der Waals surface area contributed by atoms with Gasteiger partial charge >= 0.3 is 0 Å². The van der Waals surface area contributed by atoms with Gasteiger partial charge < -0.3 is 10.1 Å². The van der Waals surface area contributed by atoms with Crippen LogP contribution in [0.1, 0.15) is 25.0 Å². The minimum absolute atomic E-state index is 0.0233. The maximum Gasteiger partial charge on any atom is 0.244 e. The van der Waals surface area contributed by atoms with E-state index in [2.05, 4.69) is 5.32 Å². The number of amides is 1. The highest BCUT2D eigenvalue weighted by molar-refractivity contribution is 7.89. The first-order valence-corrected chi connectivity index (χ1v) is 11.6. The monoisotopic (exact) mass is 448 g/mol. The lowest BCUT2D eigenvalue weighted by atomic mass is 10.0. The van der Waals surface area contributed by atoms with E-state index >= 15 is 0 Å². The van der Waals surface area contributed by atoms with Gasteiger partial charge in [0.25, 0.3) is 0 Å². The molecule has 0 saturated heterocycles. The molecular formula is C22H25ClN2O4S. The Labute approximate surface area is 182 Å². The van der Waals surface area contributed by atoms with E-state index in [1.165, 1.54) is 16.4 Å². The van der Waals surface area contributed by atoms with Crippen LogP contribution in [0.4, 0.5) is 0 Å². The zero-order valence-electron chi connectivity index (χ0n) is 16.9. The molecule has 0 unspecified atom stereocenters. The van der Waals surface area contributed by atoms with Gasteiger partial charge in [-0.3, -0.25) is 4.79 Å². The van der Waals surface area contributed by atoms with E-state index in [1.54, 1.807) is 6.07 Å². The van der Waals surface area contributed by atoms with E-state index in [1.807, 2.05) is 44.2 Å². The minimum atomic E-state index is -3.86. The zero-order valence-corrected chi connectivity index (χ0v) is 18.5. The molecule has 3 rings (SSSR count). The predicted octanol–water partition coefficient (Wildman–Crippen LogP) is 2.84. The molecule has 0 aromatic heterocycles. The first-order chi connectivity index (χ1) is 14.2. The Morgan fingerprint density at radius 1 is 1.23 bits per heavy atom. The second kappa shape index (κ2) is 9.29. The summed E-state index contributed by atoms with van der Waals surface area (Å²) in [5, 5.41) is 3.14. The third kappa shape index (κ3) is 4.91. The molecule has 2 atom stereocenters. The van der Waals surface area contributed by atoms with Crippen molar-refractivity contribution in [3.05, 3.63) is 64.7 Å². The van der Waals surface area contributed by atoms with Crippen molar-refractivity contribution in [3.8, 4) is 0 Å². The molecule has 8 heteroatoms. The van der Waals surface area contributed by atoms with Crippen LogP contribution in [0.5, 0.6) is 0 Å². The number of hydrogen-bond acceptors (Lipinski definition) is 4. The number of halogens is 1. The summed E-state index contributed by atoms with van der Waals surface area (Å²) in [5.41, 5.74) is 1.41. The Balaban J connectivity index is 1.89. The lowest BCUT2D eigenvalue weighted by molar-refractivity contribution is -0.127. The Bertz CT molecular complexity index is 1020. The third-order valence-electron chi connectivity index (χ3n) is 5.01. The van der Waals surface area contributed by atoms with Crippen LogP contribution in [0.3, 0.4) is 0 Å². The van der Waals surface area contributed by atoms with E-state index in [0.29, 0.717) is 23.3 Å². The summed E-state index contributed by atoms with van der Waals surface area (Å²) in [5.74, 6) is -0.465. The van der Waals surface area contributed by atoms with E-state index in [0.717, 1.165) is 5.56 Å². The van der Waals surface area contributed by atoms with Gasteiger partial charge in [0.15, 0.2) is 0 Å². The molecule has 0 bridgehead atoms. The van der Waals surface area contributed by atoms with E-state index in [4.69, 9.17) is 11.6 Å². The molecule has 0 radical (unpaired) electrons. The highest BCUT2D eigenvalue weighted by atomic mass is 35.5. The Morgan fingerprint density at radius 2 is 1.93 bits per heavy atom. The summed E-state index contributed by atoms with van der Waals surface area (Å²) in [7, 11) is -3.86. The van der Waals surface area contributed by atoms with Crippen LogP contribution in [0.25, 0.3) is 0 Å². The van der Waals surface area contributed by atoms with Gasteiger partial charge in [-0.1, -0.05) is 55.8 Å². The minimum Gasteiger partial charge on any atom is -0.345 e. The molecular weight excluding hydrogens is 424 g/mol. The number of nitrogens with zero attached hydrogens (tertiary/aromatic N) is 1.